The molecule has 0 bridgehead atoms. The highest BCUT2D eigenvalue weighted by Crippen LogP contribution is 2.27. The van der Waals surface area contributed by atoms with Crippen LogP contribution in [0.2, 0.25) is 0 Å². The molecule has 1 aliphatic rings. The zero-order valence-electron chi connectivity index (χ0n) is 10.7. The zero-order chi connectivity index (χ0) is 12.3. The van der Waals surface area contributed by atoms with Crippen LogP contribution in [-0.4, -0.2) is 36.4 Å². The predicted molar refractivity (Wildman–Crippen MR) is 64.7 cm³/mol. The highest BCUT2D eigenvalue weighted by molar-refractivity contribution is 5.03. The van der Waals surface area contributed by atoms with Gasteiger partial charge in [-0.05, 0) is 26.3 Å². The maximum atomic E-state index is 5.30. The van der Waals surface area contributed by atoms with Gasteiger partial charge in [0.2, 0.25) is 0 Å². The molecule has 0 spiro atoms. The molecule has 0 aromatic carbocycles. The SMILES string of the molecule is COC(OC)c1cncn1C1CCNC(C)C1. The molecule has 2 unspecified atom stereocenters. The first-order valence-corrected chi connectivity index (χ1v) is 6.07. The molecule has 5 nitrogen and oxygen atoms in total. The van der Waals surface area contributed by atoms with E-state index in [4.69, 9.17) is 9.47 Å². The molecular weight excluding hydrogens is 218 g/mol. The van der Waals surface area contributed by atoms with E-state index in [1.165, 1.54) is 0 Å². The number of ether oxygens (including phenoxy) is 2. The van der Waals surface area contributed by atoms with Gasteiger partial charge in [0.25, 0.3) is 0 Å². The summed E-state index contributed by atoms with van der Waals surface area (Å²) in [5, 5.41) is 3.45. The summed E-state index contributed by atoms with van der Waals surface area (Å²) in [5.41, 5.74) is 0.995. The van der Waals surface area contributed by atoms with Gasteiger partial charge in [-0.3, -0.25) is 0 Å². The molecule has 17 heavy (non-hydrogen) atoms. The predicted octanol–water partition coefficient (Wildman–Crippen LogP) is 1.49. The summed E-state index contributed by atoms with van der Waals surface area (Å²) in [6, 6.07) is 1.03. The standard InChI is InChI=1S/C12H21N3O2/c1-9-6-10(4-5-14-9)15-8-13-7-11(15)12(16-2)17-3/h7-10,12,14H,4-6H2,1-3H3. The van der Waals surface area contributed by atoms with E-state index >= 15 is 0 Å². The molecule has 2 rings (SSSR count). The van der Waals surface area contributed by atoms with Crippen LogP contribution >= 0.6 is 0 Å². The molecule has 1 N–H and O–H groups in total. The summed E-state index contributed by atoms with van der Waals surface area (Å²) in [6.45, 7) is 3.26. The van der Waals surface area contributed by atoms with Crippen molar-refractivity contribution >= 4 is 0 Å². The average Bonchev–Trinajstić information content (AvgIpc) is 2.80. The van der Waals surface area contributed by atoms with Gasteiger partial charge in [-0.1, -0.05) is 0 Å². The summed E-state index contributed by atoms with van der Waals surface area (Å²) >= 11 is 0. The minimum atomic E-state index is -0.331. The van der Waals surface area contributed by atoms with Gasteiger partial charge in [-0.15, -0.1) is 0 Å². The van der Waals surface area contributed by atoms with Crippen LogP contribution < -0.4 is 5.32 Å². The Hall–Kier alpha value is -0.910. The Morgan fingerprint density at radius 1 is 1.47 bits per heavy atom. The average molecular weight is 239 g/mol. The Morgan fingerprint density at radius 2 is 2.24 bits per heavy atom. The Kier molecular flexibility index (Phi) is 4.15. The maximum Gasteiger partial charge on any atom is 0.200 e. The van der Waals surface area contributed by atoms with Crippen LogP contribution in [0.1, 0.15) is 37.8 Å². The number of methoxy groups -OCH3 is 2. The fourth-order valence-electron chi connectivity index (χ4n) is 2.50. The monoisotopic (exact) mass is 239 g/mol. The molecule has 2 atom stereocenters. The molecule has 0 aliphatic carbocycles. The van der Waals surface area contributed by atoms with Crippen LogP contribution in [0.4, 0.5) is 0 Å². The highest BCUT2D eigenvalue weighted by Gasteiger charge is 2.24. The molecule has 1 aromatic heterocycles. The highest BCUT2D eigenvalue weighted by atomic mass is 16.7. The van der Waals surface area contributed by atoms with Crippen molar-refractivity contribution in [1.82, 2.24) is 14.9 Å². The third-order valence-electron chi connectivity index (χ3n) is 3.36. The van der Waals surface area contributed by atoms with Gasteiger partial charge in [0.1, 0.15) is 0 Å². The van der Waals surface area contributed by atoms with Crippen LogP contribution in [0, 0.1) is 0 Å². The lowest BCUT2D eigenvalue weighted by atomic mass is 10.0. The normalized spacial score (nSPS) is 25.4. The number of nitrogens with one attached hydrogen (secondary N) is 1. The molecule has 0 saturated carbocycles. The van der Waals surface area contributed by atoms with Gasteiger partial charge < -0.3 is 19.4 Å². The number of rotatable bonds is 4. The zero-order valence-corrected chi connectivity index (χ0v) is 10.7. The lowest BCUT2D eigenvalue weighted by Crippen LogP contribution is -2.37. The summed E-state index contributed by atoms with van der Waals surface area (Å²) in [5.74, 6) is 0. The number of hydrogen-bond donors (Lipinski definition) is 1. The van der Waals surface area contributed by atoms with Crippen molar-refractivity contribution in [2.45, 2.75) is 38.1 Å². The first-order chi connectivity index (χ1) is 8.26. The molecule has 0 radical (unpaired) electrons. The quantitative estimate of drug-likeness (QED) is 0.809. The first-order valence-electron chi connectivity index (χ1n) is 6.07. The summed E-state index contributed by atoms with van der Waals surface area (Å²) in [4.78, 5) is 4.22. The van der Waals surface area contributed by atoms with Crippen LogP contribution in [0.15, 0.2) is 12.5 Å². The second-order valence-corrected chi connectivity index (χ2v) is 4.56. The van der Waals surface area contributed by atoms with Gasteiger partial charge in [0.15, 0.2) is 6.29 Å². The van der Waals surface area contributed by atoms with Crippen LogP contribution in [0.3, 0.4) is 0 Å². The number of nitrogens with zero attached hydrogens (tertiary/aromatic N) is 2. The van der Waals surface area contributed by atoms with Gasteiger partial charge >= 0.3 is 0 Å². The van der Waals surface area contributed by atoms with E-state index in [0.29, 0.717) is 12.1 Å². The van der Waals surface area contributed by atoms with E-state index in [-0.39, 0.29) is 6.29 Å². The van der Waals surface area contributed by atoms with Crippen LogP contribution in [0.5, 0.6) is 0 Å². The van der Waals surface area contributed by atoms with E-state index in [1.807, 2.05) is 12.5 Å². The van der Waals surface area contributed by atoms with E-state index in [9.17, 15) is 0 Å². The van der Waals surface area contributed by atoms with Gasteiger partial charge in [-0.2, -0.15) is 0 Å². The van der Waals surface area contributed by atoms with Gasteiger partial charge in [0.05, 0.1) is 18.2 Å². The third kappa shape index (κ3) is 2.68. The number of imidazole rings is 1. The van der Waals surface area contributed by atoms with Crippen molar-refractivity contribution in [3.63, 3.8) is 0 Å². The summed E-state index contributed by atoms with van der Waals surface area (Å²) in [6.07, 6.45) is 5.60. The molecule has 0 amide bonds. The smallest absolute Gasteiger partial charge is 0.200 e. The Bertz CT molecular complexity index is 349. The summed E-state index contributed by atoms with van der Waals surface area (Å²) < 4.78 is 12.8. The molecule has 1 fully saturated rings. The second kappa shape index (κ2) is 5.62. The molecule has 96 valence electrons. The van der Waals surface area contributed by atoms with E-state index in [1.54, 1.807) is 14.2 Å². The molecular formula is C12H21N3O2. The summed E-state index contributed by atoms with van der Waals surface area (Å²) in [7, 11) is 3.30. The van der Waals surface area contributed by atoms with Crippen molar-refractivity contribution in [3.8, 4) is 0 Å². The fourth-order valence-corrected chi connectivity index (χ4v) is 2.50. The minimum absolute atomic E-state index is 0.331. The van der Waals surface area contributed by atoms with Crippen molar-refractivity contribution < 1.29 is 9.47 Å². The van der Waals surface area contributed by atoms with Crippen molar-refractivity contribution in [2.75, 3.05) is 20.8 Å². The molecule has 2 heterocycles. The minimum Gasteiger partial charge on any atom is -0.350 e. The third-order valence-corrected chi connectivity index (χ3v) is 3.36. The Labute approximate surface area is 102 Å². The van der Waals surface area contributed by atoms with Crippen LogP contribution in [-0.2, 0) is 9.47 Å². The first kappa shape index (κ1) is 12.5. The molecule has 1 aromatic rings. The lowest BCUT2D eigenvalue weighted by Gasteiger charge is -2.30. The maximum absolute atomic E-state index is 5.30. The Morgan fingerprint density at radius 3 is 2.88 bits per heavy atom. The number of piperidine rings is 1. The number of hydrogen-bond acceptors (Lipinski definition) is 4. The largest absolute Gasteiger partial charge is 0.350 e. The topological polar surface area (TPSA) is 48.3 Å². The van der Waals surface area contributed by atoms with Crippen molar-refractivity contribution in [2.24, 2.45) is 0 Å². The lowest BCUT2D eigenvalue weighted by molar-refractivity contribution is -0.111. The van der Waals surface area contributed by atoms with Gasteiger partial charge in [-0.25, -0.2) is 4.98 Å². The van der Waals surface area contributed by atoms with Crippen LogP contribution in [0.25, 0.3) is 0 Å². The Balaban J connectivity index is 2.17. The van der Waals surface area contributed by atoms with E-state index in [2.05, 4.69) is 21.8 Å². The number of aromatic nitrogens is 2. The van der Waals surface area contributed by atoms with E-state index < -0.39 is 0 Å². The van der Waals surface area contributed by atoms with Crippen molar-refractivity contribution in [3.05, 3.63) is 18.2 Å². The van der Waals surface area contributed by atoms with E-state index in [0.717, 1.165) is 25.1 Å². The second-order valence-electron chi connectivity index (χ2n) is 4.56. The molecule has 5 heteroatoms. The molecule has 1 saturated heterocycles. The van der Waals surface area contributed by atoms with Crippen molar-refractivity contribution in [1.29, 1.82) is 0 Å². The fraction of sp³-hybridized carbons (Fsp3) is 0.750. The molecule has 1 aliphatic heterocycles. The van der Waals surface area contributed by atoms with Gasteiger partial charge in [0, 0.05) is 26.3 Å².